The maximum Gasteiger partial charge on any atom is 0.339 e. The van der Waals surface area contributed by atoms with Crippen LogP contribution >= 0.6 is 0 Å². The molecule has 0 heterocycles. The average Bonchev–Trinajstić information content (AvgIpc) is 2.68. The fourth-order valence-corrected chi connectivity index (χ4v) is 3.28. The quantitative estimate of drug-likeness (QED) is 0.383. The molecule has 0 radical (unpaired) electrons. The molecule has 1 atom stereocenters. The first-order valence-electron chi connectivity index (χ1n) is 8.65. The SMILES string of the molecule is C=Cc1ccc(S(=O)(=O)Oc2ccc(C=N[C@H](C(=O)OC)C(C)C)cc2)cc1. The summed E-state index contributed by atoms with van der Waals surface area (Å²) in [4.78, 5) is 16.1. The van der Waals surface area contributed by atoms with Gasteiger partial charge in [0.1, 0.15) is 16.7 Å². The van der Waals surface area contributed by atoms with E-state index < -0.39 is 22.1 Å². The van der Waals surface area contributed by atoms with Gasteiger partial charge in [0.05, 0.1) is 7.11 Å². The van der Waals surface area contributed by atoms with Crippen LogP contribution in [0.5, 0.6) is 5.75 Å². The van der Waals surface area contributed by atoms with Crippen molar-refractivity contribution in [2.75, 3.05) is 7.11 Å². The first kappa shape index (κ1) is 21.4. The Hall–Kier alpha value is -2.93. The molecule has 0 saturated heterocycles. The highest BCUT2D eigenvalue weighted by Crippen LogP contribution is 2.20. The predicted molar refractivity (Wildman–Crippen MR) is 109 cm³/mol. The van der Waals surface area contributed by atoms with Crippen LogP contribution in [-0.4, -0.2) is 33.8 Å². The van der Waals surface area contributed by atoms with Crippen LogP contribution in [0.25, 0.3) is 6.08 Å². The Labute approximate surface area is 165 Å². The van der Waals surface area contributed by atoms with Crippen molar-refractivity contribution >= 4 is 28.4 Å². The third kappa shape index (κ3) is 5.53. The second-order valence-corrected chi connectivity index (χ2v) is 7.92. The minimum Gasteiger partial charge on any atom is -0.467 e. The summed E-state index contributed by atoms with van der Waals surface area (Å²) in [5.74, 6) is -0.234. The summed E-state index contributed by atoms with van der Waals surface area (Å²) in [6.07, 6.45) is 3.18. The lowest BCUT2D eigenvalue weighted by molar-refractivity contribution is -0.143. The van der Waals surface area contributed by atoms with E-state index in [0.717, 1.165) is 5.56 Å². The average molecular weight is 401 g/mol. The molecule has 6 nitrogen and oxygen atoms in total. The molecule has 0 aliphatic heterocycles. The Kier molecular flexibility index (Phi) is 7.12. The minimum absolute atomic E-state index is 0.0103. The van der Waals surface area contributed by atoms with Crippen LogP contribution in [0.15, 0.2) is 65.0 Å². The number of rotatable bonds is 8. The van der Waals surface area contributed by atoms with E-state index >= 15 is 0 Å². The minimum atomic E-state index is -3.93. The van der Waals surface area contributed by atoms with Crippen molar-refractivity contribution in [1.29, 1.82) is 0 Å². The van der Waals surface area contributed by atoms with Crippen molar-refractivity contribution in [3.8, 4) is 5.75 Å². The molecule has 0 aliphatic carbocycles. The van der Waals surface area contributed by atoms with Crippen molar-refractivity contribution in [2.45, 2.75) is 24.8 Å². The van der Waals surface area contributed by atoms with Crippen molar-refractivity contribution in [3.05, 3.63) is 66.2 Å². The molecule has 0 saturated carbocycles. The molecule has 0 bridgehead atoms. The Morgan fingerprint density at radius 3 is 2.11 bits per heavy atom. The first-order valence-corrected chi connectivity index (χ1v) is 10.1. The third-order valence-corrected chi connectivity index (χ3v) is 5.21. The number of esters is 1. The van der Waals surface area contributed by atoms with Crippen LogP contribution in [-0.2, 0) is 19.6 Å². The number of benzene rings is 2. The molecule has 0 aliphatic rings. The standard InChI is InChI=1S/C21H23NO5S/c1-5-16-8-12-19(13-9-16)28(24,25)27-18-10-6-17(7-11-18)14-22-20(15(2)3)21(23)26-4/h5-15,20H,1H2,2-4H3/t20-/m0/s1. The Morgan fingerprint density at radius 1 is 1.04 bits per heavy atom. The molecule has 0 fully saturated rings. The van der Waals surface area contributed by atoms with Gasteiger partial charge in [-0.05, 0) is 53.4 Å². The largest absolute Gasteiger partial charge is 0.467 e. The maximum atomic E-state index is 12.4. The summed E-state index contributed by atoms with van der Waals surface area (Å²) >= 11 is 0. The molecule has 2 rings (SSSR count). The molecule has 148 valence electrons. The van der Waals surface area contributed by atoms with Gasteiger partial charge in [-0.2, -0.15) is 8.42 Å². The van der Waals surface area contributed by atoms with Crippen molar-refractivity contribution < 1.29 is 22.1 Å². The van der Waals surface area contributed by atoms with Gasteiger partial charge in [-0.3, -0.25) is 4.99 Å². The predicted octanol–water partition coefficient (Wildman–Crippen LogP) is 3.71. The van der Waals surface area contributed by atoms with E-state index in [-0.39, 0.29) is 16.6 Å². The van der Waals surface area contributed by atoms with Gasteiger partial charge in [0.2, 0.25) is 0 Å². The summed E-state index contributed by atoms with van der Waals surface area (Å²) in [6, 6.07) is 12.0. The van der Waals surface area contributed by atoms with Crippen LogP contribution in [0.1, 0.15) is 25.0 Å². The zero-order valence-corrected chi connectivity index (χ0v) is 16.8. The molecular formula is C21H23NO5S. The summed E-state index contributed by atoms with van der Waals surface area (Å²) in [5.41, 5.74) is 1.52. The molecular weight excluding hydrogens is 378 g/mol. The third-order valence-electron chi connectivity index (χ3n) is 3.95. The van der Waals surface area contributed by atoms with Crippen molar-refractivity contribution in [3.63, 3.8) is 0 Å². The monoisotopic (exact) mass is 401 g/mol. The molecule has 0 aromatic heterocycles. The highest BCUT2D eigenvalue weighted by atomic mass is 32.2. The fraction of sp³-hybridized carbons (Fsp3) is 0.238. The number of ether oxygens (including phenoxy) is 1. The number of nitrogens with zero attached hydrogens (tertiary/aromatic N) is 1. The molecule has 0 N–H and O–H groups in total. The molecule has 28 heavy (non-hydrogen) atoms. The number of aliphatic imine (C=N–C) groups is 1. The van der Waals surface area contributed by atoms with Crippen LogP contribution < -0.4 is 4.18 Å². The van der Waals surface area contributed by atoms with Crippen LogP contribution in [0.3, 0.4) is 0 Å². The second kappa shape index (κ2) is 9.32. The van der Waals surface area contributed by atoms with Gasteiger partial charge in [-0.1, -0.05) is 38.6 Å². The number of carbonyl (C=O) groups excluding carboxylic acids is 1. The topological polar surface area (TPSA) is 82.0 Å². The zero-order chi connectivity index (χ0) is 20.7. The number of hydrogen-bond acceptors (Lipinski definition) is 6. The van der Waals surface area contributed by atoms with Crippen molar-refractivity contribution in [2.24, 2.45) is 10.9 Å². The molecule has 0 unspecified atom stereocenters. The lowest BCUT2D eigenvalue weighted by atomic mass is 10.1. The highest BCUT2D eigenvalue weighted by molar-refractivity contribution is 7.87. The van der Waals surface area contributed by atoms with Crippen LogP contribution in [0.4, 0.5) is 0 Å². The van der Waals surface area contributed by atoms with Gasteiger partial charge in [0, 0.05) is 6.21 Å². The van der Waals surface area contributed by atoms with E-state index in [1.165, 1.54) is 31.4 Å². The smallest absolute Gasteiger partial charge is 0.339 e. The van der Waals surface area contributed by atoms with E-state index in [1.807, 2.05) is 13.8 Å². The number of carbonyl (C=O) groups is 1. The summed E-state index contributed by atoms with van der Waals surface area (Å²) in [6.45, 7) is 7.39. The maximum absolute atomic E-state index is 12.4. The fourth-order valence-electron chi connectivity index (χ4n) is 2.35. The van der Waals surface area contributed by atoms with E-state index in [0.29, 0.717) is 5.56 Å². The second-order valence-electron chi connectivity index (χ2n) is 6.37. The molecule has 0 amide bonds. The normalized spacial score (nSPS) is 12.7. The zero-order valence-electron chi connectivity index (χ0n) is 16.0. The van der Waals surface area contributed by atoms with E-state index in [1.54, 1.807) is 36.6 Å². The van der Waals surface area contributed by atoms with E-state index in [9.17, 15) is 13.2 Å². The Balaban J connectivity index is 2.12. The Morgan fingerprint density at radius 2 is 1.61 bits per heavy atom. The van der Waals surface area contributed by atoms with Gasteiger partial charge < -0.3 is 8.92 Å². The molecule has 2 aromatic rings. The number of hydrogen-bond donors (Lipinski definition) is 0. The van der Waals surface area contributed by atoms with Gasteiger partial charge in [-0.25, -0.2) is 4.79 Å². The van der Waals surface area contributed by atoms with Crippen molar-refractivity contribution in [1.82, 2.24) is 0 Å². The lowest BCUT2D eigenvalue weighted by Gasteiger charge is -2.13. The molecule has 7 heteroatoms. The summed E-state index contributed by atoms with van der Waals surface area (Å²) in [7, 11) is -2.61. The van der Waals surface area contributed by atoms with Gasteiger partial charge >= 0.3 is 16.1 Å². The number of methoxy groups -OCH3 is 1. The highest BCUT2D eigenvalue weighted by Gasteiger charge is 2.21. The van der Waals surface area contributed by atoms with Gasteiger partial charge in [0.15, 0.2) is 0 Å². The first-order chi connectivity index (χ1) is 13.3. The molecule has 2 aromatic carbocycles. The summed E-state index contributed by atoms with van der Waals surface area (Å²) < 4.78 is 34.6. The van der Waals surface area contributed by atoms with E-state index in [2.05, 4.69) is 11.6 Å². The Bertz CT molecular complexity index is 945. The van der Waals surface area contributed by atoms with Gasteiger partial charge in [-0.15, -0.1) is 0 Å². The molecule has 0 spiro atoms. The lowest BCUT2D eigenvalue weighted by Crippen LogP contribution is -2.25. The van der Waals surface area contributed by atoms with Gasteiger partial charge in [0.25, 0.3) is 0 Å². The van der Waals surface area contributed by atoms with Crippen LogP contribution in [0, 0.1) is 5.92 Å². The summed E-state index contributed by atoms with van der Waals surface area (Å²) in [5, 5.41) is 0. The van der Waals surface area contributed by atoms with Crippen LogP contribution in [0.2, 0.25) is 0 Å². The van der Waals surface area contributed by atoms with E-state index in [4.69, 9.17) is 8.92 Å².